The van der Waals surface area contributed by atoms with E-state index < -0.39 is 22.8 Å². The number of hydrogen-bond donors (Lipinski definition) is 0. The molecule has 0 fully saturated rings. The van der Waals surface area contributed by atoms with Crippen LogP contribution in [0.2, 0.25) is 5.15 Å². The third-order valence-electron chi connectivity index (χ3n) is 5.29. The van der Waals surface area contributed by atoms with Gasteiger partial charge in [0.15, 0.2) is 5.15 Å². The van der Waals surface area contributed by atoms with Crippen molar-refractivity contribution in [3.63, 3.8) is 0 Å². The monoisotopic (exact) mass is 479 g/mol. The minimum Gasteiger partial charge on any atom is -0.493 e. The summed E-state index contributed by atoms with van der Waals surface area (Å²) in [6, 6.07) is 3.84. The molecule has 10 heteroatoms. The molecule has 0 unspecified atom stereocenters. The molecule has 3 rings (SSSR count). The molecule has 3 aromatic rings. The average molecular weight is 480 g/mol. The Morgan fingerprint density at radius 2 is 1.94 bits per heavy atom. The van der Waals surface area contributed by atoms with Crippen LogP contribution in [0.15, 0.2) is 35.4 Å². The predicted molar refractivity (Wildman–Crippen MR) is 124 cm³/mol. The maximum Gasteiger partial charge on any atom is 0.296 e. The highest BCUT2D eigenvalue weighted by molar-refractivity contribution is 6.31. The Hall–Kier alpha value is -2.78. The summed E-state index contributed by atoms with van der Waals surface area (Å²) in [6.45, 7) is 5.22. The van der Waals surface area contributed by atoms with Crippen LogP contribution in [0.1, 0.15) is 26.7 Å². The van der Waals surface area contributed by atoms with Crippen LogP contribution in [0.3, 0.4) is 0 Å². The second-order valence-electron chi connectivity index (χ2n) is 8.22. The zero-order chi connectivity index (χ0) is 24.1. The van der Waals surface area contributed by atoms with Gasteiger partial charge in [0.2, 0.25) is 5.82 Å². The Bertz CT molecular complexity index is 1130. The van der Waals surface area contributed by atoms with Gasteiger partial charge >= 0.3 is 0 Å². The zero-order valence-electron chi connectivity index (χ0n) is 19.2. The van der Waals surface area contributed by atoms with Crippen LogP contribution in [0, 0.1) is 17.6 Å². The number of benzene rings is 1. The summed E-state index contributed by atoms with van der Waals surface area (Å²) in [5.74, 6) is -1.69. The van der Waals surface area contributed by atoms with E-state index in [0.717, 1.165) is 25.1 Å². The smallest absolute Gasteiger partial charge is 0.296 e. The first kappa shape index (κ1) is 24.9. The second kappa shape index (κ2) is 10.9. The van der Waals surface area contributed by atoms with E-state index in [0.29, 0.717) is 13.0 Å². The quantitative estimate of drug-likeness (QED) is 0.403. The number of halogens is 3. The van der Waals surface area contributed by atoms with Crippen molar-refractivity contribution in [2.24, 2.45) is 5.92 Å². The highest BCUT2D eigenvalue weighted by atomic mass is 35.5. The van der Waals surface area contributed by atoms with Crippen LogP contribution in [0.25, 0.3) is 17.1 Å². The van der Waals surface area contributed by atoms with Gasteiger partial charge in [-0.15, -0.1) is 0 Å². The summed E-state index contributed by atoms with van der Waals surface area (Å²) in [6.07, 6.45) is 4.51. The van der Waals surface area contributed by atoms with E-state index in [-0.39, 0.29) is 34.9 Å². The molecular weight excluding hydrogens is 452 g/mol. The van der Waals surface area contributed by atoms with Gasteiger partial charge in [0.1, 0.15) is 17.4 Å². The normalized spacial score (nSPS) is 12.4. The van der Waals surface area contributed by atoms with E-state index in [2.05, 4.69) is 10.1 Å². The fraction of sp³-hybridized carbons (Fsp3) is 0.435. The lowest BCUT2D eigenvalue weighted by atomic mass is 10.1. The molecule has 1 atom stereocenters. The van der Waals surface area contributed by atoms with Gasteiger partial charge in [-0.2, -0.15) is 5.10 Å². The third kappa shape index (κ3) is 5.78. The first-order chi connectivity index (χ1) is 15.7. The molecule has 7 nitrogen and oxygen atoms in total. The molecular formula is C23H28ClF2N5O2. The highest BCUT2D eigenvalue weighted by Gasteiger charge is 2.25. The minimum atomic E-state index is -0.884. The lowest BCUT2D eigenvalue weighted by molar-refractivity contribution is 0.279. The maximum absolute atomic E-state index is 15.2. The molecule has 0 aliphatic rings. The summed E-state index contributed by atoms with van der Waals surface area (Å²) in [5, 5.41) is 3.85. The second-order valence-corrected chi connectivity index (χ2v) is 8.58. The van der Waals surface area contributed by atoms with Crippen LogP contribution < -0.4 is 10.3 Å². The molecule has 0 radical (unpaired) electrons. The van der Waals surface area contributed by atoms with Gasteiger partial charge in [0, 0.05) is 37.6 Å². The molecule has 0 saturated carbocycles. The molecule has 0 amide bonds. The van der Waals surface area contributed by atoms with Crippen LogP contribution >= 0.6 is 11.6 Å². The van der Waals surface area contributed by atoms with Crippen molar-refractivity contribution in [2.75, 3.05) is 27.2 Å². The van der Waals surface area contributed by atoms with E-state index in [4.69, 9.17) is 16.3 Å². The summed E-state index contributed by atoms with van der Waals surface area (Å²) in [4.78, 5) is 19.4. The molecule has 0 aliphatic carbocycles. The third-order valence-corrected chi connectivity index (χ3v) is 5.55. The van der Waals surface area contributed by atoms with Gasteiger partial charge in [-0.1, -0.05) is 31.9 Å². The molecule has 0 bridgehead atoms. The predicted octanol–water partition coefficient (Wildman–Crippen LogP) is 4.40. The summed E-state index contributed by atoms with van der Waals surface area (Å²) in [5.41, 5.74) is -1.06. The number of rotatable bonds is 10. The molecule has 178 valence electrons. The molecule has 0 aliphatic heterocycles. The zero-order valence-corrected chi connectivity index (χ0v) is 19.9. The minimum absolute atomic E-state index is 0.0429. The van der Waals surface area contributed by atoms with E-state index >= 15 is 8.78 Å². The Balaban J connectivity index is 2.08. The van der Waals surface area contributed by atoms with Crippen LogP contribution in [0.5, 0.6) is 5.75 Å². The van der Waals surface area contributed by atoms with Gasteiger partial charge in [0.25, 0.3) is 5.56 Å². The molecule has 1 aromatic carbocycles. The highest BCUT2D eigenvalue weighted by Crippen LogP contribution is 2.34. The SMILES string of the molecule is CC[C@H](C)Cn1c(-c2c(F)cc(OCCCN(C)C)cc2F)c(Cl)nc(-n2cccn2)c1=O. The largest absolute Gasteiger partial charge is 0.493 e. The van der Waals surface area contributed by atoms with Crippen LogP contribution in [0.4, 0.5) is 8.78 Å². The first-order valence-electron chi connectivity index (χ1n) is 10.8. The van der Waals surface area contributed by atoms with Crippen molar-refractivity contribution in [1.29, 1.82) is 0 Å². The van der Waals surface area contributed by atoms with Crippen molar-refractivity contribution in [2.45, 2.75) is 33.2 Å². The average Bonchev–Trinajstić information content (AvgIpc) is 3.29. The Labute approximate surface area is 196 Å². The maximum atomic E-state index is 15.2. The van der Waals surface area contributed by atoms with Gasteiger partial charge in [-0.3, -0.25) is 4.79 Å². The van der Waals surface area contributed by atoms with Crippen molar-refractivity contribution in [1.82, 2.24) is 24.2 Å². The van der Waals surface area contributed by atoms with E-state index in [1.54, 1.807) is 12.3 Å². The molecule has 0 spiro atoms. The fourth-order valence-corrected chi connectivity index (χ4v) is 3.63. The molecule has 0 N–H and O–H groups in total. The summed E-state index contributed by atoms with van der Waals surface area (Å²) < 4.78 is 38.4. The number of aromatic nitrogens is 4. The number of hydrogen-bond acceptors (Lipinski definition) is 5. The van der Waals surface area contributed by atoms with E-state index in [9.17, 15) is 4.79 Å². The van der Waals surface area contributed by atoms with Crippen molar-refractivity contribution in [3.8, 4) is 22.8 Å². The lowest BCUT2D eigenvalue weighted by Gasteiger charge is -2.20. The summed E-state index contributed by atoms with van der Waals surface area (Å²) >= 11 is 6.42. The molecule has 2 aromatic heterocycles. The molecule has 0 saturated heterocycles. The van der Waals surface area contributed by atoms with Gasteiger partial charge in [-0.05, 0) is 32.5 Å². The fourth-order valence-electron chi connectivity index (χ4n) is 3.35. The Kier molecular flexibility index (Phi) is 8.20. The first-order valence-corrected chi connectivity index (χ1v) is 11.2. The molecule has 33 heavy (non-hydrogen) atoms. The van der Waals surface area contributed by atoms with E-state index in [1.807, 2.05) is 32.8 Å². The number of ether oxygens (including phenoxy) is 1. The summed E-state index contributed by atoms with van der Waals surface area (Å²) in [7, 11) is 3.87. The molecule has 2 heterocycles. The van der Waals surface area contributed by atoms with Crippen LogP contribution in [-0.4, -0.2) is 51.5 Å². The Morgan fingerprint density at radius 1 is 1.24 bits per heavy atom. The van der Waals surface area contributed by atoms with Gasteiger partial charge < -0.3 is 14.2 Å². The van der Waals surface area contributed by atoms with Gasteiger partial charge in [-0.25, -0.2) is 18.4 Å². The van der Waals surface area contributed by atoms with Gasteiger partial charge in [0.05, 0.1) is 17.9 Å². The van der Waals surface area contributed by atoms with Crippen molar-refractivity contribution < 1.29 is 13.5 Å². The number of nitrogens with zero attached hydrogens (tertiary/aromatic N) is 5. The Morgan fingerprint density at radius 3 is 2.52 bits per heavy atom. The topological polar surface area (TPSA) is 65.2 Å². The van der Waals surface area contributed by atoms with Crippen LogP contribution in [-0.2, 0) is 6.54 Å². The van der Waals surface area contributed by atoms with Crippen molar-refractivity contribution >= 4 is 11.6 Å². The standard InChI is InChI=1S/C23H28ClF2N5O2/c1-5-15(2)14-30-20(21(24)28-22(23(30)32)31-10-6-8-27-31)19-17(25)12-16(13-18(19)26)33-11-7-9-29(3)4/h6,8,10,12-13,15H,5,7,9,11,14H2,1-4H3/t15-/m0/s1. The lowest BCUT2D eigenvalue weighted by Crippen LogP contribution is -2.30. The van der Waals surface area contributed by atoms with Crippen molar-refractivity contribution in [3.05, 3.63) is 57.7 Å². The van der Waals surface area contributed by atoms with E-state index in [1.165, 1.54) is 15.4 Å².